The van der Waals surface area contributed by atoms with Crippen molar-refractivity contribution in [3.05, 3.63) is 0 Å². The van der Waals surface area contributed by atoms with Gasteiger partial charge in [0.05, 0.1) is 12.5 Å². The monoisotopic (exact) mass is 767 g/mol. The predicted octanol–water partition coefficient (Wildman–Crippen LogP) is 3.18. The normalized spacial score (nSPS) is 17.3. The van der Waals surface area contributed by atoms with Gasteiger partial charge in [0, 0.05) is 13.0 Å². The number of carbonyl (C=O) groups excluding carboxylic acids is 6. The SMILES string of the molecule is CCCCCCCCCC[C@@H](OC(=O)CNC(=O)[C@@H](C)C1CCNCC1)[C@@H](C)C(=O)N(C)[C@@H](CC(C)C)C(=O)N[C@H](C(=O)N[C@@H](CO)C(N)=O)[C@@H](C)CC. The van der Waals surface area contributed by atoms with E-state index in [9.17, 15) is 33.9 Å². The zero-order valence-electron chi connectivity index (χ0n) is 34.5. The quantitative estimate of drug-likeness (QED) is 0.0535. The van der Waals surface area contributed by atoms with Crippen LogP contribution in [0.1, 0.15) is 132 Å². The van der Waals surface area contributed by atoms with E-state index in [4.69, 9.17) is 10.5 Å². The number of hydrogen-bond donors (Lipinski definition) is 6. The van der Waals surface area contributed by atoms with Crippen molar-refractivity contribution in [1.29, 1.82) is 0 Å². The first-order valence-electron chi connectivity index (χ1n) is 20.5. The number of carbonyl (C=O) groups is 6. The third-order valence-corrected chi connectivity index (χ3v) is 10.9. The van der Waals surface area contributed by atoms with E-state index in [1.165, 1.54) is 37.6 Å². The molecule has 0 spiro atoms. The molecule has 14 nitrogen and oxygen atoms in total. The number of unbranched alkanes of at least 4 members (excludes halogenated alkanes) is 7. The maximum absolute atomic E-state index is 14.1. The fraction of sp³-hybridized carbons (Fsp3) is 0.850. The summed E-state index contributed by atoms with van der Waals surface area (Å²) in [4.78, 5) is 80.4. The summed E-state index contributed by atoms with van der Waals surface area (Å²) in [6, 6.07) is -3.33. The Morgan fingerprint density at radius 2 is 1.44 bits per heavy atom. The first kappa shape index (κ1) is 48.8. The number of ether oxygens (including phenoxy) is 1. The molecule has 312 valence electrons. The molecule has 0 bridgehead atoms. The van der Waals surface area contributed by atoms with E-state index < -0.39 is 66.4 Å². The maximum Gasteiger partial charge on any atom is 0.325 e. The highest BCUT2D eigenvalue weighted by Gasteiger charge is 2.37. The molecule has 0 unspecified atom stereocenters. The maximum atomic E-state index is 14.1. The van der Waals surface area contributed by atoms with Gasteiger partial charge in [-0.05, 0) is 62.9 Å². The summed E-state index contributed by atoms with van der Waals surface area (Å²) in [6.45, 7) is 14.0. The third-order valence-electron chi connectivity index (χ3n) is 10.9. The zero-order chi connectivity index (χ0) is 40.8. The van der Waals surface area contributed by atoms with Crippen molar-refractivity contribution in [1.82, 2.24) is 26.2 Å². The van der Waals surface area contributed by atoms with E-state index in [1.54, 1.807) is 13.8 Å². The molecule has 1 aliphatic heterocycles. The summed E-state index contributed by atoms with van der Waals surface area (Å²) < 4.78 is 5.93. The van der Waals surface area contributed by atoms with Gasteiger partial charge in [-0.2, -0.15) is 0 Å². The Hall–Kier alpha value is -3.26. The van der Waals surface area contributed by atoms with Crippen LogP contribution in [0.5, 0.6) is 0 Å². The van der Waals surface area contributed by atoms with Crippen LogP contribution < -0.4 is 27.0 Å². The van der Waals surface area contributed by atoms with Crippen molar-refractivity contribution in [2.45, 2.75) is 156 Å². The van der Waals surface area contributed by atoms with Crippen molar-refractivity contribution in [3.8, 4) is 0 Å². The van der Waals surface area contributed by atoms with Crippen molar-refractivity contribution in [2.24, 2.45) is 35.3 Å². The molecule has 7 atom stereocenters. The van der Waals surface area contributed by atoms with Crippen LogP contribution in [-0.2, 0) is 33.5 Å². The summed E-state index contributed by atoms with van der Waals surface area (Å²) in [5.41, 5.74) is 5.31. The van der Waals surface area contributed by atoms with Crippen molar-refractivity contribution >= 4 is 35.5 Å². The molecule has 0 aromatic rings. The molecular weight excluding hydrogens is 692 g/mol. The van der Waals surface area contributed by atoms with Gasteiger partial charge >= 0.3 is 5.97 Å². The lowest BCUT2D eigenvalue weighted by molar-refractivity contribution is -0.158. The van der Waals surface area contributed by atoms with Crippen LogP contribution >= 0.6 is 0 Å². The molecule has 0 aromatic heterocycles. The first-order valence-corrected chi connectivity index (χ1v) is 20.5. The average molecular weight is 767 g/mol. The van der Waals surface area contributed by atoms with Gasteiger partial charge in [-0.3, -0.25) is 28.8 Å². The average Bonchev–Trinajstić information content (AvgIpc) is 3.15. The van der Waals surface area contributed by atoms with Crippen LogP contribution in [-0.4, -0.2) is 103 Å². The Balaban J connectivity index is 3.14. The molecule has 7 N–H and O–H groups in total. The standard InChI is InChI=1S/C40H74N6O8/c1-9-11-12-13-14-15-16-17-18-33(54-34(48)24-43-37(50)28(6)30-19-21-42-22-20-30)29(7)40(53)46(8)32(23-26(3)4)38(51)45-35(27(5)10-2)39(52)44-31(25-47)36(41)49/h26-33,35,42,47H,9-25H2,1-8H3,(H2,41,49)(H,43,50)(H,44,52)(H,45,51)/t27-,28-,29+,31-,32-,33+,35-/m0/s1. The number of nitrogens with two attached hydrogens (primary N) is 1. The Morgan fingerprint density at radius 1 is 0.852 bits per heavy atom. The van der Waals surface area contributed by atoms with Crippen LogP contribution in [0.3, 0.4) is 0 Å². The van der Waals surface area contributed by atoms with E-state index in [-0.39, 0.29) is 36.1 Å². The second kappa shape index (κ2) is 26.5. The molecule has 0 aromatic carbocycles. The molecule has 0 aliphatic carbocycles. The number of aliphatic hydroxyl groups excluding tert-OH is 1. The van der Waals surface area contributed by atoms with Crippen molar-refractivity contribution in [3.63, 3.8) is 0 Å². The van der Waals surface area contributed by atoms with Gasteiger partial charge in [0.1, 0.15) is 30.8 Å². The lowest BCUT2D eigenvalue weighted by Crippen LogP contribution is -2.59. The van der Waals surface area contributed by atoms with Crippen molar-refractivity contribution < 1.29 is 38.6 Å². The molecule has 1 rings (SSSR count). The smallest absolute Gasteiger partial charge is 0.325 e. The first-order chi connectivity index (χ1) is 25.6. The van der Waals surface area contributed by atoms with E-state index >= 15 is 0 Å². The summed E-state index contributed by atoms with van der Waals surface area (Å²) in [5, 5.41) is 20.8. The zero-order valence-corrected chi connectivity index (χ0v) is 34.5. The highest BCUT2D eigenvalue weighted by atomic mass is 16.5. The van der Waals surface area contributed by atoms with Gasteiger partial charge in [0.15, 0.2) is 0 Å². The number of hydrogen-bond acceptors (Lipinski definition) is 9. The predicted molar refractivity (Wildman–Crippen MR) is 210 cm³/mol. The number of likely N-dealkylation sites (N-methyl/N-ethyl adjacent to an activating group) is 1. The topological polar surface area (TPSA) is 209 Å². The Labute approximate surface area is 324 Å². The minimum atomic E-state index is -1.32. The van der Waals surface area contributed by atoms with Crippen LogP contribution in [0.4, 0.5) is 0 Å². The van der Waals surface area contributed by atoms with Gasteiger partial charge < -0.3 is 41.7 Å². The van der Waals surface area contributed by atoms with Gasteiger partial charge in [0.2, 0.25) is 29.5 Å². The lowest BCUT2D eigenvalue weighted by Gasteiger charge is -2.34. The molecule has 1 fully saturated rings. The molecule has 1 saturated heterocycles. The molecule has 0 saturated carbocycles. The number of primary amides is 1. The fourth-order valence-electron chi connectivity index (χ4n) is 6.92. The lowest BCUT2D eigenvalue weighted by atomic mass is 9.85. The minimum absolute atomic E-state index is 0.00219. The molecule has 0 radical (unpaired) electrons. The third kappa shape index (κ3) is 17.5. The number of rotatable bonds is 27. The molecule has 1 heterocycles. The van der Waals surface area contributed by atoms with Gasteiger partial charge in [-0.1, -0.05) is 99.8 Å². The van der Waals surface area contributed by atoms with E-state index in [2.05, 4.69) is 28.2 Å². The van der Waals surface area contributed by atoms with Crippen LogP contribution in [0.2, 0.25) is 0 Å². The summed E-state index contributed by atoms with van der Waals surface area (Å²) in [6.07, 6.45) is 10.9. The van der Waals surface area contributed by atoms with Crippen molar-refractivity contribution in [2.75, 3.05) is 33.3 Å². The molecule has 1 aliphatic rings. The van der Waals surface area contributed by atoms with Crippen LogP contribution in [0.15, 0.2) is 0 Å². The minimum Gasteiger partial charge on any atom is -0.460 e. The number of amides is 5. The number of piperidine rings is 1. The molecule has 14 heteroatoms. The summed E-state index contributed by atoms with van der Waals surface area (Å²) in [7, 11) is 1.54. The van der Waals surface area contributed by atoms with E-state index in [1.807, 2.05) is 27.7 Å². The van der Waals surface area contributed by atoms with Gasteiger partial charge in [0.25, 0.3) is 0 Å². The molecule has 54 heavy (non-hydrogen) atoms. The second-order valence-electron chi connectivity index (χ2n) is 15.8. The Morgan fingerprint density at radius 3 is 1.98 bits per heavy atom. The summed E-state index contributed by atoms with van der Waals surface area (Å²) in [5.74, 6) is -4.49. The van der Waals surface area contributed by atoms with E-state index in [0.29, 0.717) is 19.3 Å². The van der Waals surface area contributed by atoms with Gasteiger partial charge in [-0.15, -0.1) is 0 Å². The second-order valence-corrected chi connectivity index (χ2v) is 15.8. The van der Waals surface area contributed by atoms with Gasteiger partial charge in [-0.25, -0.2) is 0 Å². The molecular formula is C40H74N6O8. The fourth-order valence-corrected chi connectivity index (χ4v) is 6.92. The Bertz CT molecular complexity index is 1160. The number of aliphatic hydroxyl groups is 1. The highest BCUT2D eigenvalue weighted by Crippen LogP contribution is 2.24. The Kier molecular flexibility index (Phi) is 24.0. The number of esters is 1. The number of nitrogens with zero attached hydrogens (tertiary/aromatic N) is 1. The van der Waals surface area contributed by atoms with E-state index in [0.717, 1.165) is 51.6 Å². The number of nitrogens with one attached hydrogen (secondary N) is 4. The highest BCUT2D eigenvalue weighted by molar-refractivity contribution is 5.94. The largest absolute Gasteiger partial charge is 0.460 e. The van der Waals surface area contributed by atoms with Crippen LogP contribution in [0.25, 0.3) is 0 Å². The summed E-state index contributed by atoms with van der Waals surface area (Å²) >= 11 is 0. The van der Waals surface area contributed by atoms with Crippen LogP contribution in [0, 0.1) is 29.6 Å². The molecule has 5 amide bonds.